The Morgan fingerprint density at radius 2 is 1.86 bits per heavy atom. The molecule has 0 bridgehead atoms. The van der Waals surface area contributed by atoms with Crippen molar-refractivity contribution in [1.29, 1.82) is 0 Å². The second kappa shape index (κ2) is 10.6. The number of rotatable bonds is 6. The van der Waals surface area contributed by atoms with Gasteiger partial charge in [-0.25, -0.2) is 13.6 Å². The minimum Gasteiger partial charge on any atom is -0.467 e. The van der Waals surface area contributed by atoms with Gasteiger partial charge in [-0.3, -0.25) is 9.48 Å². The molecule has 1 aliphatic rings. The third-order valence-electron chi connectivity index (χ3n) is 6.12. The molecular formula is C27H27F2N3O3. The van der Waals surface area contributed by atoms with Gasteiger partial charge >= 0.3 is 5.97 Å². The Kier molecular flexibility index (Phi) is 7.39. The van der Waals surface area contributed by atoms with Crippen molar-refractivity contribution in [3.63, 3.8) is 0 Å². The number of amides is 1. The number of hydrogen-bond donors (Lipinski definition) is 1. The summed E-state index contributed by atoms with van der Waals surface area (Å²) in [6.45, 7) is 0. The number of aromatic nitrogens is 2. The number of carbonyl (C=O) groups is 2. The van der Waals surface area contributed by atoms with Gasteiger partial charge in [0.2, 0.25) is 0 Å². The Morgan fingerprint density at radius 3 is 2.57 bits per heavy atom. The van der Waals surface area contributed by atoms with E-state index in [4.69, 9.17) is 4.74 Å². The molecule has 4 rings (SSSR count). The van der Waals surface area contributed by atoms with Gasteiger partial charge in [0.15, 0.2) is 5.69 Å². The molecule has 182 valence electrons. The normalized spacial score (nSPS) is 15.3. The molecule has 1 heterocycles. The smallest absolute Gasteiger partial charge is 0.328 e. The number of ether oxygens (including phenoxy) is 1. The Hall–Kier alpha value is -3.81. The molecule has 0 aliphatic heterocycles. The van der Waals surface area contributed by atoms with E-state index in [-0.39, 0.29) is 23.7 Å². The van der Waals surface area contributed by atoms with Crippen molar-refractivity contribution in [1.82, 2.24) is 15.1 Å². The zero-order chi connectivity index (χ0) is 24.9. The Morgan fingerprint density at radius 1 is 1.11 bits per heavy atom. The molecule has 1 N–H and O–H groups in total. The second-order valence-electron chi connectivity index (χ2n) is 8.61. The first-order valence-corrected chi connectivity index (χ1v) is 11.5. The largest absolute Gasteiger partial charge is 0.467 e. The van der Waals surface area contributed by atoms with Crippen LogP contribution < -0.4 is 5.32 Å². The van der Waals surface area contributed by atoms with Crippen LogP contribution in [0.2, 0.25) is 0 Å². The van der Waals surface area contributed by atoms with Crippen molar-refractivity contribution >= 4 is 23.5 Å². The van der Waals surface area contributed by atoms with Gasteiger partial charge in [0.25, 0.3) is 5.91 Å². The third kappa shape index (κ3) is 5.65. The second-order valence-corrected chi connectivity index (χ2v) is 8.61. The van der Waals surface area contributed by atoms with Gasteiger partial charge in [0.1, 0.15) is 17.7 Å². The highest BCUT2D eigenvalue weighted by molar-refractivity contribution is 5.98. The molecule has 0 fully saturated rings. The van der Waals surface area contributed by atoms with Crippen LogP contribution >= 0.6 is 0 Å². The van der Waals surface area contributed by atoms with Crippen LogP contribution in [0.15, 0.2) is 48.5 Å². The van der Waals surface area contributed by atoms with Crippen molar-refractivity contribution in [2.75, 3.05) is 7.11 Å². The molecule has 35 heavy (non-hydrogen) atoms. The van der Waals surface area contributed by atoms with E-state index in [0.717, 1.165) is 41.7 Å². The van der Waals surface area contributed by atoms with Gasteiger partial charge in [0, 0.05) is 19.0 Å². The molecule has 0 unspecified atom stereocenters. The van der Waals surface area contributed by atoms with E-state index in [0.29, 0.717) is 12.0 Å². The van der Waals surface area contributed by atoms with Crippen LogP contribution in [-0.2, 0) is 29.4 Å². The van der Waals surface area contributed by atoms with Gasteiger partial charge in [-0.1, -0.05) is 24.3 Å². The first kappa shape index (κ1) is 24.3. The number of fused-ring (bicyclic) bond motifs is 1. The number of carbonyl (C=O) groups excluding carboxylic acids is 2. The average Bonchev–Trinajstić information content (AvgIpc) is 3.03. The van der Waals surface area contributed by atoms with Crippen LogP contribution in [0.5, 0.6) is 0 Å². The summed E-state index contributed by atoms with van der Waals surface area (Å²) in [5.74, 6) is -1.78. The maximum Gasteiger partial charge on any atom is 0.328 e. The summed E-state index contributed by atoms with van der Waals surface area (Å²) < 4.78 is 33.5. The van der Waals surface area contributed by atoms with Crippen molar-refractivity contribution < 1.29 is 23.1 Å². The number of nitrogens with one attached hydrogen (secondary N) is 1. The molecule has 2 aromatic carbocycles. The maximum absolute atomic E-state index is 13.7. The lowest BCUT2D eigenvalue weighted by Crippen LogP contribution is -2.43. The minimum absolute atomic E-state index is 0.151. The van der Waals surface area contributed by atoms with Crippen LogP contribution in [0.1, 0.15) is 52.1 Å². The Bertz CT molecular complexity index is 1270. The predicted octanol–water partition coefficient (Wildman–Crippen LogP) is 4.48. The van der Waals surface area contributed by atoms with Gasteiger partial charge in [-0.15, -0.1) is 0 Å². The Labute approximate surface area is 202 Å². The van der Waals surface area contributed by atoms with Gasteiger partial charge in [-0.05, 0) is 72.7 Å². The third-order valence-corrected chi connectivity index (χ3v) is 6.12. The number of esters is 1. The number of methoxy groups -OCH3 is 1. The summed E-state index contributed by atoms with van der Waals surface area (Å²) in [7, 11) is 3.03. The highest BCUT2D eigenvalue weighted by Gasteiger charge is 2.29. The molecule has 3 aromatic rings. The highest BCUT2D eigenvalue weighted by atomic mass is 19.1. The molecule has 1 aromatic heterocycles. The number of nitrogens with zero attached hydrogens (tertiary/aromatic N) is 2. The average molecular weight is 480 g/mol. The fourth-order valence-electron chi connectivity index (χ4n) is 4.48. The topological polar surface area (TPSA) is 73.2 Å². The Balaban J connectivity index is 1.64. The lowest BCUT2D eigenvalue weighted by Gasteiger charge is -2.16. The monoisotopic (exact) mass is 479 g/mol. The summed E-state index contributed by atoms with van der Waals surface area (Å²) in [4.78, 5) is 25.7. The molecule has 1 atom stereocenters. The summed E-state index contributed by atoms with van der Waals surface area (Å²) in [5, 5.41) is 7.24. The van der Waals surface area contributed by atoms with Crippen molar-refractivity contribution in [2.24, 2.45) is 7.05 Å². The van der Waals surface area contributed by atoms with E-state index in [9.17, 15) is 18.4 Å². The van der Waals surface area contributed by atoms with Crippen LogP contribution in [0, 0.1) is 11.6 Å². The van der Waals surface area contributed by atoms with E-state index in [2.05, 4.69) is 10.4 Å². The van der Waals surface area contributed by atoms with E-state index in [1.54, 1.807) is 29.9 Å². The predicted molar refractivity (Wildman–Crippen MR) is 128 cm³/mol. The van der Waals surface area contributed by atoms with E-state index in [1.807, 2.05) is 12.1 Å². The molecule has 8 heteroatoms. The number of halogens is 2. The van der Waals surface area contributed by atoms with Gasteiger partial charge in [0.05, 0.1) is 12.8 Å². The van der Waals surface area contributed by atoms with Crippen molar-refractivity contribution in [3.05, 3.63) is 88.2 Å². The molecule has 0 saturated heterocycles. The molecule has 1 aliphatic carbocycles. The summed E-state index contributed by atoms with van der Waals surface area (Å²) >= 11 is 0. The standard InChI is InChI=1S/C27H27F2N3O3/c1-32-25-19(14-18-6-5-8-21(29)15-18)7-3-4-9-22(25)24(31-32)26(33)30-23(27(34)35-2)16-17-10-12-20(28)13-11-17/h5-6,8,10-15,23H,3-4,7,9,16H2,1-2H3,(H,30,33)/b19-14+/t23-/m1/s1. The zero-order valence-electron chi connectivity index (χ0n) is 19.7. The van der Waals surface area contributed by atoms with Crippen molar-refractivity contribution in [2.45, 2.75) is 38.1 Å². The number of aryl methyl sites for hydroxylation is 1. The first-order chi connectivity index (χ1) is 16.9. The number of hydrogen-bond acceptors (Lipinski definition) is 4. The van der Waals surface area contributed by atoms with Crippen LogP contribution in [0.25, 0.3) is 11.6 Å². The summed E-state index contributed by atoms with van der Waals surface area (Å²) in [6.07, 6.45) is 5.31. The molecular weight excluding hydrogens is 452 g/mol. The van der Waals surface area contributed by atoms with E-state index < -0.39 is 17.9 Å². The van der Waals surface area contributed by atoms with E-state index >= 15 is 0 Å². The van der Waals surface area contributed by atoms with Gasteiger partial charge in [-0.2, -0.15) is 5.10 Å². The first-order valence-electron chi connectivity index (χ1n) is 11.5. The molecule has 0 radical (unpaired) electrons. The minimum atomic E-state index is -0.955. The fourth-order valence-corrected chi connectivity index (χ4v) is 4.48. The van der Waals surface area contributed by atoms with E-state index in [1.165, 1.54) is 31.4 Å². The van der Waals surface area contributed by atoms with Gasteiger partial charge < -0.3 is 10.1 Å². The lowest BCUT2D eigenvalue weighted by atomic mass is 10.0. The SMILES string of the molecule is COC(=O)[C@@H](Cc1ccc(F)cc1)NC(=O)c1nn(C)c2c1CCCC/C2=C\c1cccc(F)c1. The molecule has 0 spiro atoms. The lowest BCUT2D eigenvalue weighted by molar-refractivity contribution is -0.142. The molecule has 0 saturated carbocycles. The van der Waals surface area contributed by atoms with Crippen LogP contribution in [0.4, 0.5) is 8.78 Å². The summed E-state index contributed by atoms with van der Waals surface area (Å²) in [6, 6.07) is 11.1. The number of benzene rings is 2. The fraction of sp³-hybridized carbons (Fsp3) is 0.296. The zero-order valence-corrected chi connectivity index (χ0v) is 19.7. The van der Waals surface area contributed by atoms with Crippen LogP contribution in [0.3, 0.4) is 0 Å². The quantitative estimate of drug-likeness (QED) is 0.418. The molecule has 6 nitrogen and oxygen atoms in total. The van der Waals surface area contributed by atoms with Crippen molar-refractivity contribution in [3.8, 4) is 0 Å². The summed E-state index contributed by atoms with van der Waals surface area (Å²) in [5.41, 5.74) is 4.29. The highest BCUT2D eigenvalue weighted by Crippen LogP contribution is 2.33. The maximum atomic E-state index is 13.7. The van der Waals surface area contributed by atoms with Crippen LogP contribution in [-0.4, -0.2) is 34.8 Å². The number of allylic oxidation sites excluding steroid dienone is 1. The molecule has 1 amide bonds.